The van der Waals surface area contributed by atoms with Crippen LogP contribution in [0.1, 0.15) is 42.4 Å². The summed E-state index contributed by atoms with van der Waals surface area (Å²) >= 11 is 5.97. The van der Waals surface area contributed by atoms with Crippen LogP contribution in [-0.4, -0.2) is 35.4 Å². The highest BCUT2D eigenvalue weighted by atomic mass is 35.5. The maximum atomic E-state index is 13.6. The van der Waals surface area contributed by atoms with Gasteiger partial charge in [-0.1, -0.05) is 84.6 Å². The third-order valence-corrected chi connectivity index (χ3v) is 6.87. The Morgan fingerprint density at radius 1 is 0.944 bits per heavy atom. The summed E-state index contributed by atoms with van der Waals surface area (Å²) in [6.45, 7) is 2.17. The molecule has 0 saturated heterocycles. The number of nitrogens with one attached hydrogen (secondary N) is 1. The van der Waals surface area contributed by atoms with Crippen molar-refractivity contribution in [1.82, 2.24) is 10.2 Å². The molecule has 1 N–H and O–H groups in total. The molecule has 188 valence electrons. The molecule has 0 unspecified atom stereocenters. The highest BCUT2D eigenvalue weighted by Gasteiger charge is 2.32. The van der Waals surface area contributed by atoms with Crippen LogP contribution < -0.4 is 10.1 Å². The number of ether oxygens (including phenoxy) is 1. The molecule has 5 nitrogen and oxygen atoms in total. The fourth-order valence-corrected chi connectivity index (χ4v) is 4.70. The average Bonchev–Trinajstić information content (AvgIpc) is 3.40. The number of benzene rings is 3. The van der Waals surface area contributed by atoms with E-state index in [0.717, 1.165) is 42.4 Å². The summed E-state index contributed by atoms with van der Waals surface area (Å²) in [5.74, 6) is 0.198. The fourth-order valence-electron chi connectivity index (χ4n) is 4.57. The lowest BCUT2D eigenvalue weighted by molar-refractivity contribution is -0.143. The molecule has 0 bridgehead atoms. The van der Waals surface area contributed by atoms with Crippen LogP contribution >= 0.6 is 11.6 Å². The number of halogens is 1. The summed E-state index contributed by atoms with van der Waals surface area (Å²) in [6.07, 6.45) is 4.63. The third kappa shape index (κ3) is 7.34. The van der Waals surface area contributed by atoms with Gasteiger partial charge in [-0.3, -0.25) is 9.59 Å². The van der Waals surface area contributed by atoms with Gasteiger partial charge in [0.25, 0.3) is 5.91 Å². The van der Waals surface area contributed by atoms with E-state index in [1.54, 1.807) is 29.2 Å². The van der Waals surface area contributed by atoms with Crippen LogP contribution in [0.4, 0.5) is 0 Å². The Morgan fingerprint density at radius 2 is 1.61 bits per heavy atom. The fraction of sp³-hybridized carbons (Fsp3) is 0.333. The van der Waals surface area contributed by atoms with Gasteiger partial charge in [0.2, 0.25) is 5.91 Å². The zero-order chi connectivity index (χ0) is 25.3. The van der Waals surface area contributed by atoms with Gasteiger partial charge in [-0.15, -0.1) is 0 Å². The van der Waals surface area contributed by atoms with Crippen molar-refractivity contribution in [3.05, 3.63) is 101 Å². The van der Waals surface area contributed by atoms with Crippen molar-refractivity contribution in [2.24, 2.45) is 0 Å². The number of nitrogens with zero attached hydrogens (tertiary/aromatic N) is 1. The van der Waals surface area contributed by atoms with Crippen LogP contribution in [0.25, 0.3) is 0 Å². The van der Waals surface area contributed by atoms with Gasteiger partial charge < -0.3 is 15.0 Å². The summed E-state index contributed by atoms with van der Waals surface area (Å²) in [6, 6.07) is 24.3. The minimum Gasteiger partial charge on any atom is -0.484 e. The van der Waals surface area contributed by atoms with E-state index in [9.17, 15) is 9.59 Å². The third-order valence-electron chi connectivity index (χ3n) is 6.62. The SMILES string of the molecule is Cc1ccc(CN(C(=O)COc2ccc(Cl)cc2)[C@@H](Cc2ccccc2)C(=O)NC2CCCC2)cc1. The first kappa shape index (κ1) is 25.8. The molecular formula is C30H33ClN2O3. The Bertz CT molecular complexity index is 1130. The molecule has 4 rings (SSSR count). The van der Waals surface area contributed by atoms with Crippen molar-refractivity contribution in [1.29, 1.82) is 0 Å². The lowest BCUT2D eigenvalue weighted by Gasteiger charge is -2.32. The number of carbonyl (C=O) groups is 2. The van der Waals surface area contributed by atoms with Crippen molar-refractivity contribution < 1.29 is 14.3 Å². The first-order chi connectivity index (χ1) is 17.5. The van der Waals surface area contributed by atoms with Crippen molar-refractivity contribution >= 4 is 23.4 Å². The van der Waals surface area contributed by atoms with Crippen molar-refractivity contribution in [2.75, 3.05) is 6.61 Å². The van der Waals surface area contributed by atoms with Gasteiger partial charge in [0.05, 0.1) is 0 Å². The first-order valence-electron chi connectivity index (χ1n) is 12.6. The Labute approximate surface area is 218 Å². The zero-order valence-electron chi connectivity index (χ0n) is 20.7. The first-order valence-corrected chi connectivity index (χ1v) is 12.9. The lowest BCUT2D eigenvalue weighted by Crippen LogP contribution is -2.53. The molecule has 1 atom stereocenters. The van der Waals surface area contributed by atoms with Crippen LogP contribution in [-0.2, 0) is 22.6 Å². The van der Waals surface area contributed by atoms with Gasteiger partial charge in [-0.25, -0.2) is 0 Å². The minimum atomic E-state index is -0.657. The van der Waals surface area contributed by atoms with Crippen molar-refractivity contribution in [3.8, 4) is 5.75 Å². The second-order valence-electron chi connectivity index (χ2n) is 9.45. The molecular weight excluding hydrogens is 472 g/mol. The maximum Gasteiger partial charge on any atom is 0.261 e. The molecule has 3 aromatic carbocycles. The Morgan fingerprint density at radius 3 is 2.28 bits per heavy atom. The molecule has 36 heavy (non-hydrogen) atoms. The topological polar surface area (TPSA) is 58.6 Å². The van der Waals surface area contributed by atoms with E-state index >= 15 is 0 Å². The Balaban J connectivity index is 1.59. The van der Waals surface area contributed by atoms with Gasteiger partial charge >= 0.3 is 0 Å². The molecule has 1 saturated carbocycles. The van der Waals surface area contributed by atoms with Crippen LogP contribution in [0.5, 0.6) is 5.75 Å². The number of amides is 2. The van der Waals surface area contributed by atoms with E-state index < -0.39 is 6.04 Å². The van der Waals surface area contributed by atoms with Crippen LogP contribution in [0, 0.1) is 6.92 Å². The molecule has 0 aromatic heterocycles. The van der Waals surface area contributed by atoms with E-state index in [1.807, 2.05) is 61.5 Å². The maximum absolute atomic E-state index is 13.6. The van der Waals surface area contributed by atoms with Gasteiger partial charge in [0.15, 0.2) is 6.61 Å². The van der Waals surface area contributed by atoms with Crippen molar-refractivity contribution in [2.45, 2.75) is 57.7 Å². The van der Waals surface area contributed by atoms with Crippen molar-refractivity contribution in [3.63, 3.8) is 0 Å². The minimum absolute atomic E-state index is 0.113. The molecule has 1 aliphatic rings. The second-order valence-corrected chi connectivity index (χ2v) is 9.88. The van der Waals surface area contributed by atoms with Gasteiger partial charge in [-0.2, -0.15) is 0 Å². The summed E-state index contributed by atoms with van der Waals surface area (Å²) in [4.78, 5) is 28.9. The Kier molecular flexibility index (Phi) is 9.01. The monoisotopic (exact) mass is 504 g/mol. The van der Waals surface area contributed by atoms with Gasteiger partial charge in [0, 0.05) is 24.0 Å². The Hall–Kier alpha value is -3.31. The zero-order valence-corrected chi connectivity index (χ0v) is 21.4. The number of hydrogen-bond donors (Lipinski definition) is 1. The second kappa shape index (κ2) is 12.6. The highest BCUT2D eigenvalue weighted by Crippen LogP contribution is 2.21. The molecule has 0 radical (unpaired) electrons. The summed E-state index contributed by atoms with van der Waals surface area (Å²) < 4.78 is 5.79. The predicted octanol–water partition coefficient (Wildman–Crippen LogP) is 5.73. The highest BCUT2D eigenvalue weighted by molar-refractivity contribution is 6.30. The molecule has 2 amide bonds. The van der Waals surface area contributed by atoms with Crippen LogP contribution in [0.15, 0.2) is 78.9 Å². The molecule has 0 spiro atoms. The number of aryl methyl sites for hydroxylation is 1. The molecule has 0 aliphatic heterocycles. The molecule has 3 aromatic rings. The standard InChI is InChI=1S/C30H33ClN2O3/c1-22-11-13-24(14-12-22)20-33(29(34)21-36-27-17-15-25(31)16-18-27)28(19-23-7-3-2-4-8-23)30(35)32-26-9-5-6-10-26/h2-4,7-8,11-18,26,28H,5-6,9-10,19-21H2,1H3,(H,32,35)/t28-/m0/s1. The van der Waals surface area contributed by atoms with Gasteiger partial charge in [-0.05, 0) is 55.2 Å². The van der Waals surface area contributed by atoms with E-state index in [0.29, 0.717) is 23.7 Å². The molecule has 1 aliphatic carbocycles. The number of hydrogen-bond acceptors (Lipinski definition) is 3. The molecule has 0 heterocycles. The number of rotatable bonds is 10. The van der Waals surface area contributed by atoms with Crippen LogP contribution in [0.2, 0.25) is 5.02 Å². The van der Waals surface area contributed by atoms with E-state index in [2.05, 4.69) is 5.32 Å². The molecule has 6 heteroatoms. The lowest BCUT2D eigenvalue weighted by atomic mass is 10.0. The largest absolute Gasteiger partial charge is 0.484 e. The van der Waals surface area contributed by atoms with Crippen LogP contribution in [0.3, 0.4) is 0 Å². The van der Waals surface area contributed by atoms with E-state index in [-0.39, 0.29) is 24.5 Å². The summed E-state index contributed by atoms with van der Waals surface area (Å²) in [7, 11) is 0. The smallest absolute Gasteiger partial charge is 0.261 e. The van der Waals surface area contributed by atoms with E-state index in [4.69, 9.17) is 16.3 Å². The van der Waals surface area contributed by atoms with Gasteiger partial charge in [0.1, 0.15) is 11.8 Å². The number of carbonyl (C=O) groups excluding carboxylic acids is 2. The normalized spacial score (nSPS) is 14.3. The average molecular weight is 505 g/mol. The molecule has 1 fully saturated rings. The quantitative estimate of drug-likeness (QED) is 0.384. The summed E-state index contributed by atoms with van der Waals surface area (Å²) in [5, 5.41) is 3.82. The van der Waals surface area contributed by atoms with E-state index in [1.165, 1.54) is 0 Å². The summed E-state index contributed by atoms with van der Waals surface area (Å²) in [5.41, 5.74) is 3.11. The predicted molar refractivity (Wildman–Crippen MR) is 143 cm³/mol.